The van der Waals surface area contributed by atoms with Crippen LogP contribution in [0, 0.1) is 19.8 Å². The first kappa shape index (κ1) is 36.8. The van der Waals surface area contributed by atoms with Gasteiger partial charge in [-0.1, -0.05) is 66.3 Å². The molecule has 2 aromatic rings. The Balaban J connectivity index is -0.00000242. The third-order valence-electron chi connectivity index (χ3n) is 6.18. The van der Waals surface area contributed by atoms with Crippen molar-refractivity contribution in [2.75, 3.05) is 18.9 Å². The third-order valence-corrected chi connectivity index (χ3v) is 6.18. The van der Waals surface area contributed by atoms with E-state index < -0.39 is 0 Å². The predicted octanol–water partition coefficient (Wildman–Crippen LogP) is 8.63. The monoisotopic (exact) mass is 553 g/mol. The Labute approximate surface area is 248 Å². The van der Waals surface area contributed by atoms with Crippen molar-refractivity contribution < 1.29 is 7.65 Å². The lowest BCUT2D eigenvalue weighted by Crippen LogP contribution is -2.30. The molecule has 1 aromatic carbocycles. The Hall–Kier alpha value is -3.25. The van der Waals surface area contributed by atoms with Crippen LogP contribution in [0.1, 0.15) is 99.3 Å². The first-order chi connectivity index (χ1) is 19.0. The van der Waals surface area contributed by atoms with Gasteiger partial charge in [0.05, 0.1) is 17.8 Å². The number of aromatic nitrogens is 1. The standard InChI is InChI=1S/C30H43N5O.2C2H6.2H2/c1-10-25-13-15-27(33-23(25)7)17-30(36)34-26-14-12-21(5)28(16-26)24(8)32-22(6)18-31-29(20(3)4)19-35(9)11-2;2*1-2;;/h10,12-16,18-20,22,24,32H,1,11,17H2,2-9H3,(H,34,36);2*1-2H3;2*1H/b29-19+,31-18?;;;;/t22?,24-;;;;/m0..../s1. The number of rotatable bonds is 12. The number of allylic oxidation sites excluding steroid dienone is 1. The van der Waals surface area contributed by atoms with E-state index in [1.54, 1.807) is 6.08 Å². The fourth-order valence-corrected chi connectivity index (χ4v) is 3.87. The molecule has 0 saturated heterocycles. The van der Waals surface area contributed by atoms with E-state index in [4.69, 9.17) is 4.99 Å². The summed E-state index contributed by atoms with van der Waals surface area (Å²) < 4.78 is 0. The number of pyridine rings is 1. The van der Waals surface area contributed by atoms with Crippen LogP contribution in [-0.4, -0.2) is 41.6 Å². The van der Waals surface area contributed by atoms with Crippen molar-refractivity contribution in [3.63, 3.8) is 0 Å². The van der Waals surface area contributed by atoms with Gasteiger partial charge in [0.15, 0.2) is 0 Å². The molecule has 0 bridgehead atoms. The molecule has 2 rings (SSSR count). The van der Waals surface area contributed by atoms with Crippen molar-refractivity contribution in [1.29, 1.82) is 0 Å². The van der Waals surface area contributed by atoms with Crippen molar-refractivity contribution in [2.45, 2.75) is 94.7 Å². The summed E-state index contributed by atoms with van der Waals surface area (Å²) in [6.07, 6.45) is 6.08. The van der Waals surface area contributed by atoms with Gasteiger partial charge in [-0.3, -0.25) is 14.8 Å². The molecule has 6 nitrogen and oxygen atoms in total. The van der Waals surface area contributed by atoms with Crippen LogP contribution in [0.4, 0.5) is 5.69 Å². The van der Waals surface area contributed by atoms with E-state index in [9.17, 15) is 4.79 Å². The van der Waals surface area contributed by atoms with E-state index in [0.29, 0.717) is 5.92 Å². The smallest absolute Gasteiger partial charge is 0.230 e. The maximum absolute atomic E-state index is 12.7. The summed E-state index contributed by atoms with van der Waals surface area (Å²) in [6, 6.07) is 10.0. The normalized spacial score (nSPS) is 12.6. The van der Waals surface area contributed by atoms with Crippen LogP contribution >= 0.6 is 0 Å². The van der Waals surface area contributed by atoms with Crippen molar-refractivity contribution in [2.24, 2.45) is 10.9 Å². The highest BCUT2D eigenvalue weighted by molar-refractivity contribution is 5.92. The maximum Gasteiger partial charge on any atom is 0.230 e. The molecule has 226 valence electrons. The van der Waals surface area contributed by atoms with Crippen LogP contribution < -0.4 is 10.6 Å². The number of carbonyl (C=O) groups excluding carboxylic acids is 1. The van der Waals surface area contributed by atoms with Gasteiger partial charge in [0, 0.05) is 52.3 Å². The molecule has 6 heteroatoms. The summed E-state index contributed by atoms with van der Waals surface area (Å²) in [5.41, 5.74) is 6.75. The van der Waals surface area contributed by atoms with Gasteiger partial charge in [0.2, 0.25) is 5.91 Å². The highest BCUT2D eigenvalue weighted by Crippen LogP contribution is 2.23. The summed E-state index contributed by atoms with van der Waals surface area (Å²) in [6.45, 7) is 27.4. The van der Waals surface area contributed by atoms with Crippen LogP contribution in [0.25, 0.3) is 6.08 Å². The average molecular weight is 554 g/mol. The molecule has 0 aliphatic carbocycles. The van der Waals surface area contributed by atoms with E-state index in [2.05, 4.69) is 81.9 Å². The first-order valence-electron chi connectivity index (χ1n) is 14.8. The zero-order valence-corrected chi connectivity index (χ0v) is 27.2. The van der Waals surface area contributed by atoms with Crippen LogP contribution in [0.15, 0.2) is 53.8 Å². The molecule has 40 heavy (non-hydrogen) atoms. The molecular formula is C34H59N5O. The number of aliphatic imine (C=N–C) groups is 1. The number of nitrogens with one attached hydrogen (secondary N) is 2. The third kappa shape index (κ3) is 12.7. The summed E-state index contributed by atoms with van der Waals surface area (Å²) >= 11 is 0. The lowest BCUT2D eigenvalue weighted by Gasteiger charge is -2.21. The topological polar surface area (TPSA) is 69.6 Å². The second-order valence-corrected chi connectivity index (χ2v) is 9.71. The number of anilines is 1. The van der Waals surface area contributed by atoms with Crippen molar-refractivity contribution in [3.8, 4) is 0 Å². The van der Waals surface area contributed by atoms with Gasteiger partial charge in [-0.2, -0.15) is 0 Å². The Bertz CT molecular complexity index is 1120. The molecule has 2 atom stereocenters. The van der Waals surface area contributed by atoms with Gasteiger partial charge in [0.1, 0.15) is 0 Å². The minimum Gasteiger partial charge on any atom is -0.379 e. The molecule has 1 heterocycles. The number of hydrogen-bond donors (Lipinski definition) is 2. The molecule has 0 radical (unpaired) electrons. The molecule has 2 N–H and O–H groups in total. The Morgan fingerprint density at radius 1 is 1.10 bits per heavy atom. The highest BCUT2D eigenvalue weighted by atomic mass is 16.1. The average Bonchev–Trinajstić information content (AvgIpc) is 2.93. The minimum atomic E-state index is -0.0887. The fourth-order valence-electron chi connectivity index (χ4n) is 3.87. The molecule has 0 aliphatic rings. The van der Waals surface area contributed by atoms with E-state index in [1.165, 1.54) is 5.56 Å². The molecule has 1 aromatic heterocycles. The molecule has 0 aliphatic heterocycles. The van der Waals surface area contributed by atoms with Crippen LogP contribution in [-0.2, 0) is 11.2 Å². The van der Waals surface area contributed by atoms with Crippen molar-refractivity contribution >= 4 is 23.9 Å². The fraction of sp³-hybridized carbons (Fsp3) is 0.500. The number of benzene rings is 1. The highest BCUT2D eigenvalue weighted by Gasteiger charge is 2.14. The molecule has 0 spiro atoms. The number of aryl methyl sites for hydroxylation is 2. The van der Waals surface area contributed by atoms with E-state index in [0.717, 1.165) is 40.4 Å². The van der Waals surface area contributed by atoms with Gasteiger partial charge in [-0.05, 0) is 75.4 Å². The SMILES string of the molecule is C=Cc1ccc(CC(=O)Nc2ccc(C)c([C@H](C)NC(C)C=N/C(=C/N(C)CC)C(C)C)c2)nc1C.CC.CC.[HH].[HH]. The van der Waals surface area contributed by atoms with Crippen LogP contribution in [0.2, 0.25) is 0 Å². The van der Waals surface area contributed by atoms with Crippen molar-refractivity contribution in [1.82, 2.24) is 15.2 Å². The molecule has 0 saturated carbocycles. The summed E-state index contributed by atoms with van der Waals surface area (Å²) in [5.74, 6) is 0.260. The number of amides is 1. The summed E-state index contributed by atoms with van der Waals surface area (Å²) in [5, 5.41) is 6.64. The van der Waals surface area contributed by atoms with Gasteiger partial charge in [0.25, 0.3) is 0 Å². The second kappa shape index (κ2) is 19.8. The van der Waals surface area contributed by atoms with Crippen LogP contribution in [0.3, 0.4) is 0 Å². The number of carbonyl (C=O) groups is 1. The Kier molecular flexibility index (Phi) is 18.1. The molecular weight excluding hydrogens is 494 g/mol. The van der Waals surface area contributed by atoms with Gasteiger partial charge >= 0.3 is 0 Å². The largest absolute Gasteiger partial charge is 0.379 e. The predicted molar refractivity (Wildman–Crippen MR) is 180 cm³/mol. The molecule has 1 amide bonds. The van der Waals surface area contributed by atoms with E-state index in [-0.39, 0.29) is 27.3 Å². The number of hydrogen-bond acceptors (Lipinski definition) is 5. The quantitative estimate of drug-likeness (QED) is 0.258. The van der Waals surface area contributed by atoms with E-state index >= 15 is 0 Å². The first-order valence-corrected chi connectivity index (χ1v) is 14.8. The second-order valence-electron chi connectivity index (χ2n) is 9.71. The van der Waals surface area contributed by atoms with Gasteiger partial charge < -0.3 is 15.5 Å². The Morgan fingerprint density at radius 3 is 2.30 bits per heavy atom. The summed E-state index contributed by atoms with van der Waals surface area (Å²) in [4.78, 5) is 24.1. The van der Waals surface area contributed by atoms with Crippen LogP contribution in [0.5, 0.6) is 0 Å². The Morgan fingerprint density at radius 2 is 1.75 bits per heavy atom. The maximum atomic E-state index is 12.7. The summed E-state index contributed by atoms with van der Waals surface area (Å²) in [7, 11) is 2.06. The molecule has 1 unspecified atom stereocenters. The van der Waals surface area contributed by atoms with E-state index in [1.807, 2.05) is 71.2 Å². The number of nitrogens with zero attached hydrogens (tertiary/aromatic N) is 3. The zero-order valence-electron chi connectivity index (χ0n) is 27.2. The lowest BCUT2D eigenvalue weighted by atomic mass is 10.0. The zero-order chi connectivity index (χ0) is 30.8. The minimum absolute atomic E-state index is 0. The lowest BCUT2D eigenvalue weighted by molar-refractivity contribution is -0.115. The van der Waals surface area contributed by atoms with Gasteiger partial charge in [-0.25, -0.2) is 0 Å². The van der Waals surface area contributed by atoms with Gasteiger partial charge in [-0.15, -0.1) is 0 Å². The molecule has 0 fully saturated rings. The van der Waals surface area contributed by atoms with Crippen molar-refractivity contribution in [3.05, 3.63) is 76.9 Å².